The maximum atomic E-state index is 13.3. The van der Waals surface area contributed by atoms with Gasteiger partial charge < -0.3 is 5.32 Å². The van der Waals surface area contributed by atoms with Crippen LogP contribution in [0.25, 0.3) is 11.1 Å². The van der Waals surface area contributed by atoms with Gasteiger partial charge in [0.2, 0.25) is 5.91 Å². The molecule has 1 amide bonds. The van der Waals surface area contributed by atoms with Gasteiger partial charge in [0.15, 0.2) is 0 Å². The Morgan fingerprint density at radius 2 is 1.61 bits per heavy atom. The standard InChI is InChI=1S/C25H26N2O3S/c1-18-9-12-20(13-10-18)6-5-15-26-25(28)17-27-23-14-11-19(2)16-22(23)21-7-3-4-8-24(21)31(27,29)30/h3-4,7-14,16H,5-6,15,17H2,1-2H3,(H,26,28). The Kier molecular flexibility index (Phi) is 5.83. The van der Waals surface area contributed by atoms with Crippen molar-refractivity contribution in [1.29, 1.82) is 0 Å². The van der Waals surface area contributed by atoms with Crippen LogP contribution >= 0.6 is 0 Å². The van der Waals surface area contributed by atoms with Crippen LogP contribution in [0.5, 0.6) is 0 Å². The van der Waals surface area contributed by atoms with Crippen LogP contribution < -0.4 is 9.62 Å². The Morgan fingerprint density at radius 3 is 2.39 bits per heavy atom. The van der Waals surface area contributed by atoms with E-state index in [0.717, 1.165) is 24.0 Å². The number of nitrogens with one attached hydrogen (secondary N) is 1. The van der Waals surface area contributed by atoms with E-state index in [4.69, 9.17) is 0 Å². The van der Waals surface area contributed by atoms with E-state index in [-0.39, 0.29) is 17.3 Å². The van der Waals surface area contributed by atoms with E-state index in [1.807, 2.05) is 31.2 Å². The third-order valence-corrected chi connectivity index (χ3v) is 7.36. The highest BCUT2D eigenvalue weighted by molar-refractivity contribution is 7.93. The lowest BCUT2D eigenvalue weighted by molar-refractivity contribution is -0.119. The zero-order valence-electron chi connectivity index (χ0n) is 17.8. The van der Waals surface area contributed by atoms with E-state index in [9.17, 15) is 13.2 Å². The van der Waals surface area contributed by atoms with Crippen LogP contribution in [0.15, 0.2) is 71.6 Å². The van der Waals surface area contributed by atoms with Gasteiger partial charge in [-0.25, -0.2) is 8.42 Å². The smallest absolute Gasteiger partial charge is 0.265 e. The number of sulfonamides is 1. The molecule has 0 saturated heterocycles. The Balaban J connectivity index is 1.47. The second-order valence-electron chi connectivity index (χ2n) is 7.97. The van der Waals surface area contributed by atoms with Crippen LogP contribution in [-0.4, -0.2) is 27.4 Å². The summed E-state index contributed by atoms with van der Waals surface area (Å²) in [5.74, 6) is -0.307. The van der Waals surface area contributed by atoms with E-state index in [1.54, 1.807) is 18.2 Å². The van der Waals surface area contributed by atoms with Gasteiger partial charge >= 0.3 is 0 Å². The fraction of sp³-hybridized carbons (Fsp3) is 0.240. The van der Waals surface area contributed by atoms with Crippen molar-refractivity contribution < 1.29 is 13.2 Å². The number of carbonyl (C=O) groups is 1. The Bertz CT molecular complexity index is 1220. The molecule has 1 aliphatic heterocycles. The number of hydrogen-bond acceptors (Lipinski definition) is 3. The molecule has 0 saturated carbocycles. The summed E-state index contributed by atoms with van der Waals surface area (Å²) >= 11 is 0. The number of amides is 1. The minimum absolute atomic E-state index is 0.236. The molecule has 0 aliphatic carbocycles. The fourth-order valence-electron chi connectivity index (χ4n) is 3.88. The van der Waals surface area contributed by atoms with Gasteiger partial charge in [-0.1, -0.05) is 59.7 Å². The summed E-state index contributed by atoms with van der Waals surface area (Å²) in [6.45, 7) is 4.28. The SMILES string of the molecule is Cc1ccc(CCCNC(=O)CN2c3ccc(C)cc3-c3ccccc3S2(=O)=O)cc1. The minimum Gasteiger partial charge on any atom is -0.355 e. The van der Waals surface area contributed by atoms with Crippen LogP contribution in [0, 0.1) is 13.8 Å². The van der Waals surface area contributed by atoms with E-state index < -0.39 is 10.0 Å². The minimum atomic E-state index is -3.81. The van der Waals surface area contributed by atoms with Crippen molar-refractivity contribution in [2.75, 3.05) is 17.4 Å². The number of hydrogen-bond donors (Lipinski definition) is 1. The Hall–Kier alpha value is -3.12. The first-order chi connectivity index (χ1) is 14.9. The lowest BCUT2D eigenvalue weighted by Gasteiger charge is -2.31. The molecule has 0 aromatic heterocycles. The molecule has 3 aromatic rings. The van der Waals surface area contributed by atoms with E-state index >= 15 is 0 Å². The van der Waals surface area contributed by atoms with E-state index in [2.05, 4.69) is 36.5 Å². The number of nitrogens with zero attached hydrogens (tertiary/aromatic N) is 1. The Labute approximate surface area is 183 Å². The van der Waals surface area contributed by atoms with Gasteiger partial charge in [-0.05, 0) is 50.5 Å². The van der Waals surface area contributed by atoms with E-state index in [1.165, 1.54) is 15.4 Å². The summed E-state index contributed by atoms with van der Waals surface area (Å²) in [5, 5.41) is 2.87. The van der Waals surface area contributed by atoms with Gasteiger partial charge in [-0.15, -0.1) is 0 Å². The lowest BCUT2D eigenvalue weighted by Crippen LogP contribution is -2.42. The summed E-state index contributed by atoms with van der Waals surface area (Å²) in [6, 6.07) is 20.9. The van der Waals surface area contributed by atoms with Gasteiger partial charge in [0.05, 0.1) is 10.6 Å². The molecule has 0 radical (unpaired) electrons. The van der Waals surface area contributed by atoms with Crippen molar-refractivity contribution in [1.82, 2.24) is 5.32 Å². The first-order valence-corrected chi connectivity index (χ1v) is 11.9. The maximum Gasteiger partial charge on any atom is 0.265 e. The molecule has 0 fully saturated rings. The molecule has 1 heterocycles. The quantitative estimate of drug-likeness (QED) is 0.591. The van der Waals surface area contributed by atoms with Crippen LogP contribution in [0.1, 0.15) is 23.1 Å². The number of carbonyl (C=O) groups excluding carboxylic acids is 1. The number of benzene rings is 3. The summed E-state index contributed by atoms with van der Waals surface area (Å²) in [4.78, 5) is 12.9. The monoisotopic (exact) mass is 434 g/mol. The topological polar surface area (TPSA) is 66.5 Å². The molecule has 1 N–H and O–H groups in total. The molecule has 0 bridgehead atoms. The predicted octanol–water partition coefficient (Wildman–Crippen LogP) is 4.23. The highest BCUT2D eigenvalue weighted by Crippen LogP contribution is 2.43. The van der Waals surface area contributed by atoms with Crippen LogP contribution in [-0.2, 0) is 21.2 Å². The molecule has 160 valence electrons. The second kappa shape index (κ2) is 8.55. The lowest BCUT2D eigenvalue weighted by atomic mass is 10.0. The molecule has 31 heavy (non-hydrogen) atoms. The molecule has 5 nitrogen and oxygen atoms in total. The van der Waals surface area contributed by atoms with Crippen molar-refractivity contribution in [2.24, 2.45) is 0 Å². The van der Waals surface area contributed by atoms with Gasteiger partial charge in [0.25, 0.3) is 10.0 Å². The highest BCUT2D eigenvalue weighted by Gasteiger charge is 2.35. The molecular weight excluding hydrogens is 408 g/mol. The van der Waals surface area contributed by atoms with Crippen molar-refractivity contribution >= 4 is 21.6 Å². The summed E-state index contributed by atoms with van der Waals surface area (Å²) in [6.07, 6.45) is 1.65. The average Bonchev–Trinajstić information content (AvgIpc) is 2.76. The summed E-state index contributed by atoms with van der Waals surface area (Å²) in [5.41, 5.74) is 5.53. The zero-order chi connectivity index (χ0) is 22.0. The van der Waals surface area contributed by atoms with Gasteiger partial charge in [0.1, 0.15) is 6.54 Å². The third-order valence-electron chi connectivity index (χ3n) is 5.54. The molecule has 0 unspecified atom stereocenters. The molecular formula is C25H26N2O3S. The molecule has 0 atom stereocenters. The average molecular weight is 435 g/mol. The van der Waals surface area contributed by atoms with Crippen molar-refractivity contribution in [3.8, 4) is 11.1 Å². The summed E-state index contributed by atoms with van der Waals surface area (Å²) < 4.78 is 27.8. The first kappa shape index (κ1) is 21.1. The van der Waals surface area contributed by atoms with Crippen LogP contribution in [0.4, 0.5) is 5.69 Å². The van der Waals surface area contributed by atoms with E-state index in [0.29, 0.717) is 17.8 Å². The van der Waals surface area contributed by atoms with Crippen molar-refractivity contribution in [3.63, 3.8) is 0 Å². The molecule has 4 rings (SSSR count). The van der Waals surface area contributed by atoms with Crippen molar-refractivity contribution in [2.45, 2.75) is 31.6 Å². The summed E-state index contributed by atoms with van der Waals surface area (Å²) in [7, 11) is -3.81. The number of aryl methyl sites for hydroxylation is 3. The Morgan fingerprint density at radius 1 is 0.903 bits per heavy atom. The fourth-order valence-corrected chi connectivity index (χ4v) is 5.53. The largest absolute Gasteiger partial charge is 0.355 e. The normalized spacial score (nSPS) is 13.9. The number of rotatable bonds is 6. The maximum absolute atomic E-state index is 13.3. The van der Waals surface area contributed by atoms with Gasteiger partial charge in [0, 0.05) is 17.7 Å². The van der Waals surface area contributed by atoms with Crippen LogP contribution in [0.2, 0.25) is 0 Å². The van der Waals surface area contributed by atoms with Gasteiger partial charge in [-0.2, -0.15) is 0 Å². The molecule has 3 aromatic carbocycles. The van der Waals surface area contributed by atoms with Gasteiger partial charge in [-0.3, -0.25) is 9.10 Å². The second-order valence-corrected chi connectivity index (χ2v) is 9.80. The first-order valence-electron chi connectivity index (χ1n) is 10.4. The number of fused-ring (bicyclic) bond motifs is 3. The molecule has 1 aliphatic rings. The predicted molar refractivity (Wildman–Crippen MR) is 124 cm³/mol. The molecule has 0 spiro atoms. The third kappa shape index (κ3) is 4.35. The van der Waals surface area contributed by atoms with Crippen molar-refractivity contribution in [3.05, 3.63) is 83.4 Å². The number of anilines is 1. The zero-order valence-corrected chi connectivity index (χ0v) is 18.6. The molecule has 6 heteroatoms. The van der Waals surface area contributed by atoms with Crippen LogP contribution in [0.3, 0.4) is 0 Å². The highest BCUT2D eigenvalue weighted by atomic mass is 32.2.